The van der Waals surface area contributed by atoms with Gasteiger partial charge in [0.15, 0.2) is 0 Å². The molecule has 0 fully saturated rings. The summed E-state index contributed by atoms with van der Waals surface area (Å²) in [6.45, 7) is 5.09. The first-order valence-electron chi connectivity index (χ1n) is 4.74. The number of hydrogen-bond donors (Lipinski definition) is 1. The van der Waals surface area contributed by atoms with E-state index in [1.54, 1.807) is 0 Å². The summed E-state index contributed by atoms with van der Waals surface area (Å²) in [5.74, 6) is 0.0260. The van der Waals surface area contributed by atoms with Crippen LogP contribution >= 0.6 is 0 Å². The van der Waals surface area contributed by atoms with Crippen molar-refractivity contribution < 1.29 is 14.4 Å². The maximum absolute atomic E-state index is 10.6. The van der Waals surface area contributed by atoms with E-state index in [9.17, 15) is 4.79 Å². The maximum Gasteiger partial charge on any atom is 0.303 e. The van der Waals surface area contributed by atoms with Crippen molar-refractivity contribution >= 4 is 5.97 Å². The van der Waals surface area contributed by atoms with E-state index in [1.807, 2.05) is 0 Å². The van der Waals surface area contributed by atoms with Gasteiger partial charge in [-0.2, -0.15) is 0 Å². The Morgan fingerprint density at radius 2 is 1.77 bits per heavy atom. The van der Waals surface area contributed by atoms with E-state index >= 15 is 0 Å². The molecule has 0 aromatic heterocycles. The van der Waals surface area contributed by atoms with E-state index in [0.29, 0.717) is 5.92 Å². The summed E-state index contributed by atoms with van der Waals surface area (Å²) >= 11 is 0. The first-order valence-corrected chi connectivity index (χ1v) is 4.74. The van der Waals surface area contributed by atoms with Gasteiger partial charge >= 0.3 is 5.97 Å². The predicted molar refractivity (Wildman–Crippen MR) is 53.5 cm³/mol. The predicted octanol–water partition coefficient (Wildman–Crippen LogP) is 1.44. The van der Waals surface area contributed by atoms with Crippen LogP contribution in [0.3, 0.4) is 0 Å². The van der Waals surface area contributed by atoms with E-state index in [0.717, 1.165) is 11.0 Å². The number of carboxylic acid groups (broad SMARTS) is 1. The van der Waals surface area contributed by atoms with E-state index in [2.05, 4.69) is 35.0 Å². The molecule has 1 atom stereocenters. The average Bonchev–Trinajstić information content (AvgIpc) is 1.81. The Bertz CT molecular complexity index is 170. The third kappa shape index (κ3) is 6.58. The molecule has 13 heavy (non-hydrogen) atoms. The van der Waals surface area contributed by atoms with Crippen molar-refractivity contribution in [3.63, 3.8) is 0 Å². The third-order valence-electron chi connectivity index (χ3n) is 2.16. The van der Waals surface area contributed by atoms with Crippen LogP contribution < -0.4 is 0 Å². The summed E-state index contributed by atoms with van der Waals surface area (Å²) in [5, 5.41) is 8.72. The number of aliphatic carboxylic acids is 1. The molecule has 0 aliphatic rings. The standard InChI is InChI=1S/C10H21NO2/c1-8(2)9(6-10(12)13)7-11(3,4)5/h8-9H,6-7H2,1-5H3/p+1. The van der Waals surface area contributed by atoms with Crippen LogP contribution in [0.25, 0.3) is 0 Å². The van der Waals surface area contributed by atoms with Crippen LogP contribution in [-0.4, -0.2) is 43.2 Å². The van der Waals surface area contributed by atoms with Crippen LogP contribution in [0.4, 0.5) is 0 Å². The number of carboxylic acids is 1. The van der Waals surface area contributed by atoms with Crippen molar-refractivity contribution in [2.75, 3.05) is 27.7 Å². The highest BCUT2D eigenvalue weighted by molar-refractivity contribution is 5.67. The molecule has 0 saturated heterocycles. The zero-order valence-corrected chi connectivity index (χ0v) is 9.37. The average molecular weight is 188 g/mol. The molecule has 0 saturated carbocycles. The highest BCUT2D eigenvalue weighted by Gasteiger charge is 2.23. The van der Waals surface area contributed by atoms with E-state index in [4.69, 9.17) is 5.11 Å². The van der Waals surface area contributed by atoms with Crippen molar-refractivity contribution in [3.8, 4) is 0 Å². The smallest absolute Gasteiger partial charge is 0.303 e. The minimum Gasteiger partial charge on any atom is -0.481 e. The largest absolute Gasteiger partial charge is 0.481 e. The second-order valence-corrected chi connectivity index (χ2v) is 5.07. The number of carbonyl (C=O) groups is 1. The fraction of sp³-hybridized carbons (Fsp3) is 0.900. The molecule has 0 aromatic carbocycles. The normalized spacial score (nSPS) is 14.6. The summed E-state index contributed by atoms with van der Waals surface area (Å²) in [7, 11) is 6.28. The fourth-order valence-corrected chi connectivity index (χ4v) is 1.44. The van der Waals surface area contributed by atoms with Gasteiger partial charge in [-0.1, -0.05) is 13.8 Å². The second kappa shape index (κ2) is 4.61. The van der Waals surface area contributed by atoms with Gasteiger partial charge in [0, 0.05) is 5.92 Å². The van der Waals surface area contributed by atoms with Crippen molar-refractivity contribution in [1.29, 1.82) is 0 Å². The summed E-state index contributed by atoms with van der Waals surface area (Å²) in [5.41, 5.74) is 0. The van der Waals surface area contributed by atoms with E-state index in [1.165, 1.54) is 0 Å². The third-order valence-corrected chi connectivity index (χ3v) is 2.16. The van der Waals surface area contributed by atoms with Gasteiger partial charge in [-0.15, -0.1) is 0 Å². The van der Waals surface area contributed by atoms with Gasteiger partial charge in [0.2, 0.25) is 0 Å². The number of quaternary nitrogens is 1. The molecule has 0 spiro atoms. The Kier molecular flexibility index (Phi) is 4.40. The molecule has 1 unspecified atom stereocenters. The highest BCUT2D eigenvalue weighted by atomic mass is 16.4. The molecular weight excluding hydrogens is 166 g/mol. The molecule has 0 radical (unpaired) electrons. The monoisotopic (exact) mass is 188 g/mol. The number of rotatable bonds is 5. The molecule has 1 N–H and O–H groups in total. The first kappa shape index (κ1) is 12.4. The van der Waals surface area contributed by atoms with Gasteiger partial charge in [0.1, 0.15) is 0 Å². The number of nitrogens with zero attached hydrogens (tertiary/aromatic N) is 1. The summed E-state index contributed by atoms with van der Waals surface area (Å²) in [6, 6.07) is 0. The highest BCUT2D eigenvalue weighted by Crippen LogP contribution is 2.17. The summed E-state index contributed by atoms with van der Waals surface area (Å²) < 4.78 is 0.829. The molecule has 0 aromatic rings. The number of hydrogen-bond acceptors (Lipinski definition) is 1. The quantitative estimate of drug-likeness (QED) is 0.663. The van der Waals surface area contributed by atoms with Gasteiger partial charge in [0.25, 0.3) is 0 Å². The van der Waals surface area contributed by atoms with Crippen LogP contribution in [0.15, 0.2) is 0 Å². The van der Waals surface area contributed by atoms with Crippen LogP contribution in [0.2, 0.25) is 0 Å². The zero-order valence-electron chi connectivity index (χ0n) is 9.37. The van der Waals surface area contributed by atoms with Crippen molar-refractivity contribution in [2.45, 2.75) is 20.3 Å². The van der Waals surface area contributed by atoms with E-state index in [-0.39, 0.29) is 12.3 Å². The van der Waals surface area contributed by atoms with Crippen LogP contribution in [0.5, 0.6) is 0 Å². The Morgan fingerprint density at radius 1 is 1.31 bits per heavy atom. The molecule has 0 rings (SSSR count). The van der Waals surface area contributed by atoms with Crippen molar-refractivity contribution in [1.82, 2.24) is 0 Å². The van der Waals surface area contributed by atoms with Crippen molar-refractivity contribution in [2.24, 2.45) is 11.8 Å². The molecule has 0 amide bonds. The summed E-state index contributed by atoms with van der Waals surface area (Å²) in [6.07, 6.45) is 0.285. The lowest BCUT2D eigenvalue weighted by atomic mass is 9.91. The minimum atomic E-state index is -0.688. The Hall–Kier alpha value is -0.570. The SMILES string of the molecule is CC(C)C(CC(=O)O)C[N+](C)(C)C. The lowest BCUT2D eigenvalue weighted by Crippen LogP contribution is -2.41. The molecule has 0 aliphatic carbocycles. The Labute approximate surface area is 80.9 Å². The molecule has 78 valence electrons. The van der Waals surface area contributed by atoms with Gasteiger partial charge in [0.05, 0.1) is 34.1 Å². The molecular formula is C10H22NO2+. The maximum atomic E-state index is 10.6. The minimum absolute atomic E-state index is 0.275. The molecule has 0 heterocycles. The zero-order chi connectivity index (χ0) is 10.6. The van der Waals surface area contributed by atoms with Gasteiger partial charge < -0.3 is 9.59 Å². The lowest BCUT2D eigenvalue weighted by molar-refractivity contribution is -0.874. The molecule has 3 heteroatoms. The van der Waals surface area contributed by atoms with Crippen LogP contribution in [-0.2, 0) is 4.79 Å². The van der Waals surface area contributed by atoms with Crippen LogP contribution in [0.1, 0.15) is 20.3 Å². The molecule has 0 aliphatic heterocycles. The fourth-order valence-electron chi connectivity index (χ4n) is 1.44. The van der Waals surface area contributed by atoms with Gasteiger partial charge in [-0.25, -0.2) is 0 Å². The molecule has 3 nitrogen and oxygen atoms in total. The Balaban J connectivity index is 4.19. The van der Waals surface area contributed by atoms with E-state index < -0.39 is 5.97 Å². The van der Waals surface area contributed by atoms with Crippen molar-refractivity contribution in [3.05, 3.63) is 0 Å². The van der Waals surface area contributed by atoms with Crippen LogP contribution in [0, 0.1) is 11.8 Å². The first-order chi connectivity index (χ1) is 5.72. The topological polar surface area (TPSA) is 37.3 Å². The Morgan fingerprint density at radius 3 is 2.00 bits per heavy atom. The lowest BCUT2D eigenvalue weighted by Gasteiger charge is -2.30. The molecule has 0 bridgehead atoms. The second-order valence-electron chi connectivity index (χ2n) is 5.07. The van der Waals surface area contributed by atoms with Gasteiger partial charge in [-0.3, -0.25) is 4.79 Å². The summed E-state index contributed by atoms with van der Waals surface area (Å²) in [4.78, 5) is 10.6. The van der Waals surface area contributed by atoms with Gasteiger partial charge in [-0.05, 0) is 5.92 Å².